The van der Waals surface area contributed by atoms with Gasteiger partial charge in [-0.05, 0) is 66.9 Å². The third kappa shape index (κ3) is 6.26. The lowest BCUT2D eigenvalue weighted by Gasteiger charge is -2.30. The van der Waals surface area contributed by atoms with Crippen LogP contribution in [0.5, 0.6) is 0 Å². The van der Waals surface area contributed by atoms with Crippen molar-refractivity contribution in [2.75, 3.05) is 42.3 Å². The number of nitrogens with zero attached hydrogens (tertiary/aromatic N) is 4. The molecule has 0 unspecified atom stereocenters. The number of aromatic nitrogens is 2. The minimum atomic E-state index is 0.0508. The van der Waals surface area contributed by atoms with E-state index in [0.717, 1.165) is 65.0 Å². The Morgan fingerprint density at radius 3 is 2.44 bits per heavy atom. The number of carbonyl (C=O) groups is 1. The van der Waals surface area contributed by atoms with Crippen LogP contribution in [0.3, 0.4) is 0 Å². The predicted molar refractivity (Wildman–Crippen MR) is 161 cm³/mol. The fourth-order valence-corrected chi connectivity index (χ4v) is 4.93. The summed E-state index contributed by atoms with van der Waals surface area (Å²) in [5.74, 6) is 1.69. The normalized spacial score (nSPS) is 13.7. The monoisotopic (exact) mass is 520 g/mol. The molecular formula is C32H36N6O. The number of rotatable bonds is 9. The molecule has 0 bridgehead atoms. The smallest absolute Gasteiger partial charge is 0.230 e. The lowest BCUT2D eigenvalue weighted by molar-refractivity contribution is -0.123. The molecule has 1 aliphatic heterocycles. The van der Waals surface area contributed by atoms with Crippen LogP contribution in [-0.4, -0.2) is 43.1 Å². The zero-order chi connectivity index (χ0) is 27.2. The first kappa shape index (κ1) is 26.4. The Balaban J connectivity index is 1.36. The fraction of sp³-hybridized carbons (Fsp3) is 0.281. The van der Waals surface area contributed by atoms with Crippen LogP contribution in [0.1, 0.15) is 29.5 Å². The first-order valence-electron chi connectivity index (χ1n) is 13.5. The van der Waals surface area contributed by atoms with Gasteiger partial charge in [0.1, 0.15) is 5.82 Å². The highest BCUT2D eigenvalue weighted by Gasteiger charge is 2.27. The van der Waals surface area contributed by atoms with Crippen LogP contribution in [0.15, 0.2) is 79.4 Å². The second-order valence-electron chi connectivity index (χ2n) is 10.2. The van der Waals surface area contributed by atoms with Gasteiger partial charge in [-0.15, -0.1) is 0 Å². The summed E-state index contributed by atoms with van der Waals surface area (Å²) in [4.78, 5) is 26.9. The number of fused-ring (bicyclic) bond motifs is 1. The summed E-state index contributed by atoms with van der Waals surface area (Å²) in [5.41, 5.74) is 5.04. The number of anilines is 3. The lowest BCUT2D eigenvalue weighted by Crippen LogP contribution is -2.40. The second kappa shape index (κ2) is 12.1. The molecule has 3 aromatic carbocycles. The number of amides is 1. The predicted octanol–water partition coefficient (Wildman–Crippen LogP) is 5.48. The van der Waals surface area contributed by atoms with E-state index in [1.165, 1.54) is 0 Å². The average molecular weight is 521 g/mol. The Hall–Kier alpha value is -4.23. The minimum Gasteiger partial charge on any atom is -0.365 e. The van der Waals surface area contributed by atoms with Crippen molar-refractivity contribution >= 4 is 40.3 Å². The number of nitrogens with one attached hydrogen (secondary N) is 2. The molecule has 1 amide bonds. The van der Waals surface area contributed by atoms with Gasteiger partial charge in [0.25, 0.3) is 0 Å². The Kier molecular flexibility index (Phi) is 8.18. The molecule has 0 aliphatic carbocycles. The molecule has 1 aliphatic rings. The van der Waals surface area contributed by atoms with E-state index < -0.39 is 0 Å². The SMILES string of the molecule is C=Cc1ccc2c(NCc3ccc(N(Cc4ccccc4)C(=O)C4CCNCC4)cc3)nc(N(C)C)nc2c1. The highest BCUT2D eigenvalue weighted by molar-refractivity contribution is 5.95. The van der Waals surface area contributed by atoms with Crippen LogP contribution < -0.4 is 20.4 Å². The van der Waals surface area contributed by atoms with E-state index in [2.05, 4.69) is 53.6 Å². The number of carbonyl (C=O) groups excluding carboxylic acids is 1. The molecule has 2 heterocycles. The van der Waals surface area contributed by atoms with Gasteiger partial charge in [0.2, 0.25) is 11.9 Å². The average Bonchev–Trinajstić information content (AvgIpc) is 2.99. The summed E-state index contributed by atoms with van der Waals surface area (Å²) >= 11 is 0. The molecule has 5 rings (SSSR count). The van der Waals surface area contributed by atoms with Gasteiger partial charge in [0, 0.05) is 37.6 Å². The van der Waals surface area contributed by atoms with Crippen molar-refractivity contribution in [2.24, 2.45) is 5.92 Å². The van der Waals surface area contributed by atoms with Crippen LogP contribution in [0.2, 0.25) is 0 Å². The number of benzene rings is 3. The maximum atomic E-state index is 13.6. The number of piperidine rings is 1. The quantitative estimate of drug-likeness (QED) is 0.304. The molecule has 0 radical (unpaired) electrons. The maximum Gasteiger partial charge on any atom is 0.230 e. The Labute approximate surface area is 230 Å². The van der Waals surface area contributed by atoms with E-state index in [4.69, 9.17) is 9.97 Å². The third-order valence-corrected chi connectivity index (χ3v) is 7.19. The molecule has 39 heavy (non-hydrogen) atoms. The van der Waals surface area contributed by atoms with Crippen LogP contribution in [0.25, 0.3) is 17.0 Å². The zero-order valence-electron chi connectivity index (χ0n) is 22.7. The highest BCUT2D eigenvalue weighted by Crippen LogP contribution is 2.27. The Morgan fingerprint density at radius 2 is 1.74 bits per heavy atom. The maximum absolute atomic E-state index is 13.6. The van der Waals surface area contributed by atoms with Crippen LogP contribution >= 0.6 is 0 Å². The van der Waals surface area contributed by atoms with Crippen LogP contribution in [0.4, 0.5) is 17.5 Å². The summed E-state index contributed by atoms with van der Waals surface area (Å²) in [6.07, 6.45) is 3.58. The second-order valence-corrected chi connectivity index (χ2v) is 10.2. The van der Waals surface area contributed by atoms with Gasteiger partial charge in [-0.1, -0.05) is 61.2 Å². The largest absolute Gasteiger partial charge is 0.365 e. The van der Waals surface area contributed by atoms with Crippen molar-refractivity contribution in [1.82, 2.24) is 15.3 Å². The van der Waals surface area contributed by atoms with Crippen LogP contribution in [0, 0.1) is 5.92 Å². The summed E-state index contributed by atoms with van der Waals surface area (Å²) in [7, 11) is 3.88. The first-order chi connectivity index (χ1) is 19.0. The number of hydrogen-bond acceptors (Lipinski definition) is 6. The molecule has 0 atom stereocenters. The van der Waals surface area contributed by atoms with Crippen molar-refractivity contribution in [2.45, 2.75) is 25.9 Å². The molecule has 7 nitrogen and oxygen atoms in total. The summed E-state index contributed by atoms with van der Waals surface area (Å²) < 4.78 is 0. The van der Waals surface area contributed by atoms with Gasteiger partial charge in [0.05, 0.1) is 12.1 Å². The van der Waals surface area contributed by atoms with E-state index in [9.17, 15) is 4.79 Å². The molecule has 1 fully saturated rings. The van der Waals surface area contributed by atoms with Gasteiger partial charge in [-0.2, -0.15) is 4.98 Å². The Bertz CT molecular complexity index is 1430. The molecule has 1 saturated heterocycles. The molecule has 1 aromatic heterocycles. The first-order valence-corrected chi connectivity index (χ1v) is 13.5. The molecular weight excluding hydrogens is 484 g/mol. The van der Waals surface area contributed by atoms with E-state index in [1.807, 2.05) is 66.4 Å². The topological polar surface area (TPSA) is 73.4 Å². The standard InChI is InChI=1S/C32H36N6O/c1-4-23-12-15-28-29(20-23)35-32(37(2)3)36-30(28)34-21-24-10-13-27(14-11-24)38(22-25-8-6-5-7-9-25)31(39)26-16-18-33-19-17-26/h4-15,20,26,33H,1,16-19,21-22H2,2-3H3,(H,34,35,36). The van der Waals surface area contributed by atoms with Crippen molar-refractivity contribution < 1.29 is 4.79 Å². The molecule has 0 saturated carbocycles. The molecule has 7 heteroatoms. The third-order valence-electron chi connectivity index (χ3n) is 7.19. The Morgan fingerprint density at radius 1 is 1.00 bits per heavy atom. The minimum absolute atomic E-state index is 0.0508. The van der Waals surface area contributed by atoms with E-state index in [1.54, 1.807) is 0 Å². The molecule has 0 spiro atoms. The van der Waals surface area contributed by atoms with Crippen molar-refractivity contribution in [3.63, 3.8) is 0 Å². The molecule has 200 valence electrons. The van der Waals surface area contributed by atoms with Gasteiger partial charge in [-0.3, -0.25) is 4.79 Å². The highest BCUT2D eigenvalue weighted by atomic mass is 16.2. The van der Waals surface area contributed by atoms with Crippen molar-refractivity contribution in [1.29, 1.82) is 0 Å². The van der Waals surface area contributed by atoms with E-state index in [-0.39, 0.29) is 11.8 Å². The number of hydrogen-bond donors (Lipinski definition) is 2. The summed E-state index contributed by atoms with van der Waals surface area (Å²) in [6.45, 7) is 6.82. The van der Waals surface area contributed by atoms with Crippen molar-refractivity contribution in [3.8, 4) is 0 Å². The van der Waals surface area contributed by atoms with Gasteiger partial charge in [-0.25, -0.2) is 4.98 Å². The van der Waals surface area contributed by atoms with Crippen molar-refractivity contribution in [3.05, 3.63) is 96.1 Å². The molecule has 2 N–H and O–H groups in total. The summed E-state index contributed by atoms with van der Waals surface area (Å²) in [6, 6.07) is 24.6. The van der Waals surface area contributed by atoms with E-state index >= 15 is 0 Å². The van der Waals surface area contributed by atoms with E-state index in [0.29, 0.717) is 19.0 Å². The van der Waals surface area contributed by atoms with Gasteiger partial charge < -0.3 is 20.4 Å². The summed E-state index contributed by atoms with van der Waals surface area (Å²) in [5, 5.41) is 7.84. The zero-order valence-corrected chi connectivity index (χ0v) is 22.7. The lowest BCUT2D eigenvalue weighted by atomic mass is 9.96. The van der Waals surface area contributed by atoms with Gasteiger partial charge in [0.15, 0.2) is 0 Å². The van der Waals surface area contributed by atoms with Gasteiger partial charge >= 0.3 is 0 Å². The van der Waals surface area contributed by atoms with Crippen LogP contribution in [-0.2, 0) is 17.9 Å². The molecule has 4 aromatic rings. The fourth-order valence-electron chi connectivity index (χ4n) is 4.93.